The Labute approximate surface area is 133 Å². The SMILES string of the molecule is N#CC(=O)c1cc(C(Cl)(Cl)Cl)cc(C(Cl)(Cl)Cl)c1. The Balaban J connectivity index is 3.50. The van der Waals surface area contributed by atoms with Crippen LogP contribution in [0.15, 0.2) is 18.2 Å². The smallest absolute Gasteiger partial charge is 0.262 e. The largest absolute Gasteiger partial charge is 0.277 e. The number of alkyl halides is 6. The molecule has 1 rings (SSSR count). The summed E-state index contributed by atoms with van der Waals surface area (Å²) in [5.74, 6) is -0.818. The van der Waals surface area contributed by atoms with Crippen LogP contribution in [-0.4, -0.2) is 5.78 Å². The van der Waals surface area contributed by atoms with Crippen LogP contribution in [-0.2, 0) is 7.59 Å². The predicted octanol–water partition coefficient (Wildman–Crippen LogP) is 5.05. The van der Waals surface area contributed by atoms with Gasteiger partial charge in [0, 0.05) is 16.7 Å². The van der Waals surface area contributed by atoms with Crippen molar-refractivity contribution in [1.29, 1.82) is 5.26 Å². The summed E-state index contributed by atoms with van der Waals surface area (Å²) in [5, 5.41) is 8.58. The predicted molar refractivity (Wildman–Crippen MR) is 74.9 cm³/mol. The van der Waals surface area contributed by atoms with Gasteiger partial charge in [-0.3, -0.25) is 4.79 Å². The molecular formula is C10H3Cl6NO. The van der Waals surface area contributed by atoms with Crippen molar-refractivity contribution in [3.05, 3.63) is 34.9 Å². The zero-order valence-corrected chi connectivity index (χ0v) is 12.9. The maximum Gasteiger partial charge on any atom is 0.262 e. The van der Waals surface area contributed by atoms with Gasteiger partial charge in [-0.15, -0.1) is 0 Å². The highest BCUT2D eigenvalue weighted by molar-refractivity contribution is 6.67. The number of nitrogens with zero attached hydrogens (tertiary/aromatic N) is 1. The molecule has 0 heterocycles. The molecule has 0 radical (unpaired) electrons. The lowest BCUT2D eigenvalue weighted by molar-refractivity contribution is 0.105. The number of benzene rings is 1. The van der Waals surface area contributed by atoms with Crippen LogP contribution in [0.1, 0.15) is 21.5 Å². The summed E-state index contributed by atoms with van der Waals surface area (Å²) in [6, 6.07) is 5.31. The average molecular weight is 366 g/mol. The van der Waals surface area contributed by atoms with Gasteiger partial charge < -0.3 is 0 Å². The van der Waals surface area contributed by atoms with Crippen LogP contribution in [0.2, 0.25) is 0 Å². The van der Waals surface area contributed by atoms with E-state index in [1.54, 1.807) is 0 Å². The number of carbonyl (C=O) groups is 1. The molecule has 0 spiro atoms. The molecule has 96 valence electrons. The number of hydrogen-bond donors (Lipinski definition) is 0. The van der Waals surface area contributed by atoms with Gasteiger partial charge in [-0.2, -0.15) is 5.26 Å². The van der Waals surface area contributed by atoms with E-state index in [0.717, 1.165) is 0 Å². The van der Waals surface area contributed by atoms with Crippen molar-refractivity contribution in [2.24, 2.45) is 0 Å². The fraction of sp³-hybridized carbons (Fsp3) is 0.200. The molecule has 0 saturated carbocycles. The average Bonchev–Trinajstić information content (AvgIpc) is 2.25. The topological polar surface area (TPSA) is 40.9 Å². The third-order valence-electron chi connectivity index (χ3n) is 1.95. The molecule has 0 atom stereocenters. The van der Waals surface area contributed by atoms with Crippen molar-refractivity contribution < 1.29 is 4.79 Å². The van der Waals surface area contributed by atoms with Gasteiger partial charge in [-0.05, 0) is 18.2 Å². The second-order valence-electron chi connectivity index (χ2n) is 3.24. The fourth-order valence-corrected chi connectivity index (χ4v) is 1.81. The lowest BCUT2D eigenvalue weighted by atomic mass is 10.0. The van der Waals surface area contributed by atoms with E-state index in [0.29, 0.717) is 0 Å². The second-order valence-corrected chi connectivity index (χ2v) is 7.80. The normalized spacial score (nSPS) is 12.1. The van der Waals surface area contributed by atoms with Gasteiger partial charge in [-0.25, -0.2) is 0 Å². The molecule has 0 N–H and O–H groups in total. The first-order valence-corrected chi connectivity index (χ1v) is 6.56. The molecule has 8 heteroatoms. The Bertz CT molecular complexity index is 490. The first-order chi connectivity index (χ1) is 8.05. The van der Waals surface area contributed by atoms with Gasteiger partial charge in [0.15, 0.2) is 0 Å². The van der Waals surface area contributed by atoms with Gasteiger partial charge in [0.25, 0.3) is 5.78 Å². The van der Waals surface area contributed by atoms with Crippen LogP contribution in [0.4, 0.5) is 0 Å². The van der Waals surface area contributed by atoms with Gasteiger partial charge in [0.05, 0.1) is 0 Å². The van der Waals surface area contributed by atoms with Crippen molar-refractivity contribution in [2.45, 2.75) is 7.59 Å². The number of rotatable bonds is 1. The molecule has 0 saturated heterocycles. The van der Waals surface area contributed by atoms with E-state index in [-0.39, 0.29) is 16.7 Å². The van der Waals surface area contributed by atoms with Crippen LogP contribution in [0.25, 0.3) is 0 Å². The first kappa shape index (κ1) is 16.2. The van der Waals surface area contributed by atoms with E-state index in [9.17, 15) is 4.79 Å². The Morgan fingerprint density at radius 2 is 1.33 bits per heavy atom. The number of halogens is 6. The third kappa shape index (κ3) is 4.06. The number of carbonyl (C=O) groups excluding carboxylic acids is 1. The van der Waals surface area contributed by atoms with Gasteiger partial charge >= 0.3 is 0 Å². The second kappa shape index (κ2) is 5.63. The Hall–Kier alpha value is 0.120. The van der Waals surface area contributed by atoms with Crippen molar-refractivity contribution in [2.75, 3.05) is 0 Å². The van der Waals surface area contributed by atoms with Crippen molar-refractivity contribution in [1.82, 2.24) is 0 Å². The maximum absolute atomic E-state index is 11.4. The molecule has 1 aromatic carbocycles. The zero-order valence-electron chi connectivity index (χ0n) is 8.36. The molecule has 0 aliphatic heterocycles. The first-order valence-electron chi connectivity index (χ1n) is 4.29. The molecule has 0 aliphatic rings. The summed E-state index contributed by atoms with van der Waals surface area (Å²) < 4.78 is -3.59. The van der Waals surface area contributed by atoms with Crippen LogP contribution >= 0.6 is 69.6 Å². The molecule has 0 bridgehead atoms. The van der Waals surface area contributed by atoms with E-state index in [2.05, 4.69) is 0 Å². The zero-order chi connectivity index (χ0) is 14.1. The summed E-state index contributed by atoms with van der Waals surface area (Å²) in [7, 11) is 0. The van der Waals surface area contributed by atoms with Gasteiger partial charge in [0.2, 0.25) is 7.59 Å². The number of nitriles is 1. The quantitative estimate of drug-likeness (QED) is 0.397. The van der Waals surface area contributed by atoms with E-state index in [1.165, 1.54) is 24.3 Å². The van der Waals surface area contributed by atoms with Crippen LogP contribution < -0.4 is 0 Å². The molecule has 0 aromatic heterocycles. The van der Waals surface area contributed by atoms with Crippen LogP contribution in [0.5, 0.6) is 0 Å². The minimum atomic E-state index is -1.80. The number of ketones is 1. The van der Waals surface area contributed by atoms with Crippen LogP contribution in [0, 0.1) is 11.3 Å². The molecule has 0 amide bonds. The maximum atomic E-state index is 11.4. The molecule has 0 aliphatic carbocycles. The minimum absolute atomic E-state index is 0.0114. The molecule has 18 heavy (non-hydrogen) atoms. The lowest BCUT2D eigenvalue weighted by Crippen LogP contribution is -2.09. The summed E-state index contributed by atoms with van der Waals surface area (Å²) >= 11 is 34.2. The van der Waals surface area contributed by atoms with E-state index in [1.807, 2.05) is 0 Å². The lowest BCUT2D eigenvalue weighted by Gasteiger charge is -2.17. The highest BCUT2D eigenvalue weighted by Crippen LogP contribution is 2.43. The summed E-state index contributed by atoms with van der Waals surface area (Å²) in [6.45, 7) is 0. The third-order valence-corrected chi connectivity index (χ3v) is 3.26. The Kier molecular flexibility index (Phi) is 5.06. The monoisotopic (exact) mass is 363 g/mol. The van der Waals surface area contributed by atoms with E-state index < -0.39 is 13.4 Å². The van der Waals surface area contributed by atoms with Gasteiger partial charge in [0.1, 0.15) is 6.07 Å². The van der Waals surface area contributed by atoms with E-state index >= 15 is 0 Å². The molecule has 2 nitrogen and oxygen atoms in total. The molecule has 1 aromatic rings. The Morgan fingerprint density at radius 1 is 0.944 bits per heavy atom. The van der Waals surface area contributed by atoms with Crippen molar-refractivity contribution in [3.63, 3.8) is 0 Å². The summed E-state index contributed by atoms with van der Waals surface area (Å²) in [5.41, 5.74) is 0.257. The highest BCUT2D eigenvalue weighted by Gasteiger charge is 2.30. The molecule has 0 unspecified atom stereocenters. The number of Topliss-reactive ketones (excluding diaryl/α,β-unsaturated/α-hetero) is 1. The van der Waals surface area contributed by atoms with Gasteiger partial charge in [-0.1, -0.05) is 69.6 Å². The molecule has 0 fully saturated rings. The molecular weight excluding hydrogens is 363 g/mol. The Morgan fingerprint density at radius 3 is 1.61 bits per heavy atom. The summed E-state index contributed by atoms with van der Waals surface area (Å²) in [6.07, 6.45) is 0. The summed E-state index contributed by atoms with van der Waals surface area (Å²) in [4.78, 5) is 11.4. The van der Waals surface area contributed by atoms with Crippen LogP contribution in [0.3, 0.4) is 0 Å². The van der Waals surface area contributed by atoms with E-state index in [4.69, 9.17) is 74.9 Å². The van der Waals surface area contributed by atoms with Crippen molar-refractivity contribution in [3.8, 4) is 6.07 Å². The standard InChI is InChI=1S/C10H3Cl6NO/c11-9(12,13)6-1-5(8(18)4-17)2-7(3-6)10(14,15)16/h1-3H. The number of hydrogen-bond acceptors (Lipinski definition) is 2. The minimum Gasteiger partial charge on any atom is -0.277 e. The highest BCUT2D eigenvalue weighted by atomic mass is 35.6. The fourth-order valence-electron chi connectivity index (χ4n) is 1.15. The van der Waals surface area contributed by atoms with Crippen molar-refractivity contribution >= 4 is 75.4 Å².